The molecule has 0 unspecified atom stereocenters. The lowest BCUT2D eigenvalue weighted by molar-refractivity contribution is -0.154. The van der Waals surface area contributed by atoms with Crippen LogP contribution in [-0.2, 0) is 4.79 Å². The van der Waals surface area contributed by atoms with Gasteiger partial charge in [-0.25, -0.2) is 0 Å². The number of aliphatic hydroxyl groups is 1. The zero-order valence-electron chi connectivity index (χ0n) is 8.41. The molecule has 80 valence electrons. The Kier molecular flexibility index (Phi) is 2.49. The van der Waals surface area contributed by atoms with Gasteiger partial charge in [-0.2, -0.15) is 0 Å². The Morgan fingerprint density at radius 2 is 2.14 bits per heavy atom. The van der Waals surface area contributed by atoms with Crippen LogP contribution in [-0.4, -0.2) is 42.2 Å². The van der Waals surface area contributed by atoms with Gasteiger partial charge in [0.05, 0.1) is 5.41 Å². The fourth-order valence-corrected chi connectivity index (χ4v) is 2.30. The molecule has 0 aromatic heterocycles. The maximum absolute atomic E-state index is 12.0. The maximum Gasteiger partial charge on any atom is 0.230 e. The molecule has 1 amide bonds. The lowest BCUT2D eigenvalue weighted by atomic mass is 9.67. The third-order valence-electron chi connectivity index (χ3n) is 3.66. The Morgan fingerprint density at radius 3 is 2.50 bits per heavy atom. The second-order valence-electron chi connectivity index (χ2n) is 4.60. The topological polar surface area (TPSA) is 66.6 Å². The van der Waals surface area contributed by atoms with Crippen molar-refractivity contribution in [2.24, 2.45) is 17.1 Å². The molecule has 1 saturated carbocycles. The molecule has 14 heavy (non-hydrogen) atoms. The van der Waals surface area contributed by atoms with Crippen molar-refractivity contribution in [3.63, 3.8) is 0 Å². The fraction of sp³-hybridized carbons (Fsp3) is 0.900. The van der Waals surface area contributed by atoms with E-state index in [2.05, 4.69) is 0 Å². The number of hydrogen-bond acceptors (Lipinski definition) is 3. The number of nitrogens with zero attached hydrogens (tertiary/aromatic N) is 1. The molecule has 1 heterocycles. The maximum atomic E-state index is 12.0. The Morgan fingerprint density at radius 1 is 1.50 bits per heavy atom. The molecule has 2 aliphatic rings. The predicted molar refractivity (Wildman–Crippen MR) is 52.5 cm³/mol. The first-order valence-corrected chi connectivity index (χ1v) is 5.32. The summed E-state index contributed by atoms with van der Waals surface area (Å²) in [6.07, 6.45) is 3.02. The molecule has 1 aliphatic carbocycles. The summed E-state index contributed by atoms with van der Waals surface area (Å²) in [4.78, 5) is 13.8. The monoisotopic (exact) mass is 198 g/mol. The third-order valence-corrected chi connectivity index (χ3v) is 3.66. The van der Waals surface area contributed by atoms with Crippen LogP contribution in [0.3, 0.4) is 0 Å². The van der Waals surface area contributed by atoms with E-state index in [1.165, 1.54) is 0 Å². The fourth-order valence-electron chi connectivity index (χ4n) is 2.30. The number of likely N-dealkylation sites (tertiary alicyclic amines) is 1. The van der Waals surface area contributed by atoms with Crippen molar-refractivity contribution < 1.29 is 9.90 Å². The second-order valence-corrected chi connectivity index (χ2v) is 4.60. The first-order chi connectivity index (χ1) is 6.72. The van der Waals surface area contributed by atoms with E-state index in [0.717, 1.165) is 32.4 Å². The van der Waals surface area contributed by atoms with E-state index in [4.69, 9.17) is 10.8 Å². The summed E-state index contributed by atoms with van der Waals surface area (Å²) >= 11 is 0. The van der Waals surface area contributed by atoms with Crippen LogP contribution >= 0.6 is 0 Å². The van der Waals surface area contributed by atoms with E-state index in [1.54, 1.807) is 0 Å². The summed E-state index contributed by atoms with van der Waals surface area (Å²) in [5, 5.41) is 8.85. The molecule has 0 aromatic carbocycles. The zero-order chi connectivity index (χ0) is 10.2. The SMILES string of the molecule is NCC1(C(=O)N2CC(CO)C2)CCC1. The van der Waals surface area contributed by atoms with Gasteiger partial charge in [0.1, 0.15) is 0 Å². The highest BCUT2D eigenvalue weighted by atomic mass is 16.3. The minimum Gasteiger partial charge on any atom is -0.396 e. The summed E-state index contributed by atoms with van der Waals surface area (Å²) in [6.45, 7) is 2.11. The molecule has 0 radical (unpaired) electrons. The van der Waals surface area contributed by atoms with Gasteiger partial charge < -0.3 is 15.7 Å². The molecule has 2 rings (SSSR count). The van der Waals surface area contributed by atoms with E-state index in [1.807, 2.05) is 4.90 Å². The lowest BCUT2D eigenvalue weighted by Gasteiger charge is -2.48. The molecule has 1 saturated heterocycles. The van der Waals surface area contributed by atoms with Gasteiger partial charge >= 0.3 is 0 Å². The van der Waals surface area contributed by atoms with Crippen LogP contribution in [0.2, 0.25) is 0 Å². The van der Waals surface area contributed by atoms with Gasteiger partial charge in [0.25, 0.3) is 0 Å². The number of hydrogen-bond donors (Lipinski definition) is 2. The Labute approximate surface area is 84.1 Å². The molecule has 2 fully saturated rings. The smallest absolute Gasteiger partial charge is 0.230 e. The Balaban J connectivity index is 1.90. The molecular weight excluding hydrogens is 180 g/mol. The number of nitrogens with two attached hydrogens (primary N) is 1. The third kappa shape index (κ3) is 1.33. The van der Waals surface area contributed by atoms with Crippen LogP contribution in [0.25, 0.3) is 0 Å². The van der Waals surface area contributed by atoms with Gasteiger partial charge in [-0.05, 0) is 12.8 Å². The molecule has 0 spiro atoms. The van der Waals surface area contributed by atoms with E-state index in [9.17, 15) is 4.79 Å². The zero-order valence-corrected chi connectivity index (χ0v) is 8.41. The summed E-state index contributed by atoms with van der Waals surface area (Å²) < 4.78 is 0. The van der Waals surface area contributed by atoms with Crippen molar-refractivity contribution in [3.05, 3.63) is 0 Å². The van der Waals surface area contributed by atoms with Crippen molar-refractivity contribution in [3.8, 4) is 0 Å². The molecule has 0 atom stereocenters. The predicted octanol–water partition coefficient (Wildman–Crippen LogP) is -0.434. The first-order valence-electron chi connectivity index (χ1n) is 5.32. The number of aliphatic hydroxyl groups excluding tert-OH is 1. The summed E-state index contributed by atoms with van der Waals surface area (Å²) in [5.74, 6) is 0.518. The molecule has 0 bridgehead atoms. The van der Waals surface area contributed by atoms with Gasteiger partial charge in [0, 0.05) is 32.2 Å². The van der Waals surface area contributed by atoms with Crippen LogP contribution in [0, 0.1) is 11.3 Å². The number of carbonyl (C=O) groups is 1. The summed E-state index contributed by atoms with van der Waals surface area (Å²) in [7, 11) is 0. The molecule has 0 aromatic rings. The van der Waals surface area contributed by atoms with Crippen LogP contribution in [0.1, 0.15) is 19.3 Å². The molecule has 3 N–H and O–H groups in total. The summed E-state index contributed by atoms with van der Waals surface area (Å²) in [5.41, 5.74) is 5.42. The second kappa shape index (κ2) is 3.51. The normalized spacial score (nSPS) is 25.4. The summed E-state index contributed by atoms with van der Waals surface area (Å²) in [6, 6.07) is 0. The van der Waals surface area contributed by atoms with Gasteiger partial charge in [-0.15, -0.1) is 0 Å². The van der Waals surface area contributed by atoms with E-state index in [0.29, 0.717) is 12.5 Å². The van der Waals surface area contributed by atoms with E-state index < -0.39 is 0 Å². The number of carbonyl (C=O) groups excluding carboxylic acids is 1. The van der Waals surface area contributed by atoms with E-state index >= 15 is 0 Å². The van der Waals surface area contributed by atoms with Gasteiger partial charge in [0.15, 0.2) is 0 Å². The van der Waals surface area contributed by atoms with Crippen molar-refractivity contribution in [2.45, 2.75) is 19.3 Å². The number of rotatable bonds is 3. The molecule has 1 aliphatic heterocycles. The largest absolute Gasteiger partial charge is 0.396 e. The molecular formula is C10H18N2O2. The Bertz CT molecular complexity index is 227. The highest BCUT2D eigenvalue weighted by Crippen LogP contribution is 2.42. The van der Waals surface area contributed by atoms with Crippen molar-refractivity contribution >= 4 is 5.91 Å². The first kappa shape index (κ1) is 9.93. The quantitative estimate of drug-likeness (QED) is 0.646. The van der Waals surface area contributed by atoms with Crippen LogP contribution in [0.15, 0.2) is 0 Å². The highest BCUT2D eigenvalue weighted by molar-refractivity contribution is 5.84. The van der Waals surface area contributed by atoms with Crippen molar-refractivity contribution in [1.82, 2.24) is 4.90 Å². The average Bonchev–Trinajstić information content (AvgIpc) is 2.01. The van der Waals surface area contributed by atoms with Crippen LogP contribution in [0.5, 0.6) is 0 Å². The number of amides is 1. The van der Waals surface area contributed by atoms with Crippen molar-refractivity contribution in [2.75, 3.05) is 26.2 Å². The average molecular weight is 198 g/mol. The minimum absolute atomic E-state index is 0.194. The standard InChI is InChI=1S/C10H18N2O2/c11-7-10(2-1-3-10)9(14)12-4-8(5-12)6-13/h8,13H,1-7,11H2. The molecule has 4 heteroatoms. The minimum atomic E-state index is -0.236. The van der Waals surface area contributed by atoms with Crippen LogP contribution < -0.4 is 5.73 Å². The van der Waals surface area contributed by atoms with E-state index in [-0.39, 0.29) is 17.9 Å². The van der Waals surface area contributed by atoms with Gasteiger partial charge in [-0.1, -0.05) is 6.42 Å². The van der Waals surface area contributed by atoms with Gasteiger partial charge in [0.2, 0.25) is 5.91 Å². The molecule has 4 nitrogen and oxygen atoms in total. The van der Waals surface area contributed by atoms with Crippen molar-refractivity contribution in [1.29, 1.82) is 0 Å². The Hall–Kier alpha value is -0.610. The van der Waals surface area contributed by atoms with Crippen LogP contribution in [0.4, 0.5) is 0 Å². The van der Waals surface area contributed by atoms with Gasteiger partial charge in [-0.3, -0.25) is 4.79 Å². The highest BCUT2D eigenvalue weighted by Gasteiger charge is 2.47. The lowest BCUT2D eigenvalue weighted by Crippen LogP contribution is -2.59.